The van der Waals surface area contributed by atoms with Crippen LogP contribution in [-0.2, 0) is 5.41 Å². The third-order valence-corrected chi connectivity index (χ3v) is 6.52. The van der Waals surface area contributed by atoms with Crippen molar-refractivity contribution in [2.75, 3.05) is 6.54 Å². The molecule has 0 radical (unpaired) electrons. The first-order valence-corrected chi connectivity index (χ1v) is 9.16. The molecule has 1 saturated carbocycles. The maximum absolute atomic E-state index is 3.74. The van der Waals surface area contributed by atoms with Gasteiger partial charge in [-0.25, -0.2) is 0 Å². The number of nitrogens with one attached hydrogen (secondary N) is 1. The van der Waals surface area contributed by atoms with Crippen LogP contribution in [0.15, 0.2) is 15.2 Å². The number of hydrogen-bond donors (Lipinski definition) is 1. The Morgan fingerprint density at radius 1 is 1.37 bits per heavy atom. The Bertz CT molecular complexity index is 413. The van der Waals surface area contributed by atoms with E-state index in [4.69, 9.17) is 0 Å². The normalized spacial score (nSPS) is 28.6. The summed E-state index contributed by atoms with van der Waals surface area (Å²) in [6.07, 6.45) is 4.04. The van der Waals surface area contributed by atoms with Crippen molar-refractivity contribution in [1.82, 2.24) is 5.32 Å². The predicted octanol–water partition coefficient (Wildman–Crippen LogP) is 5.20. The molecular weight excluding hydrogens is 318 g/mol. The SMILES string of the molecule is CCNC1CC(C)CCC1C(C)(C)c1cscc1Br. The summed E-state index contributed by atoms with van der Waals surface area (Å²) in [5, 5.41) is 8.28. The molecule has 3 heteroatoms. The zero-order valence-electron chi connectivity index (χ0n) is 12.5. The average molecular weight is 344 g/mol. The van der Waals surface area contributed by atoms with Crippen LogP contribution in [0.5, 0.6) is 0 Å². The van der Waals surface area contributed by atoms with Gasteiger partial charge in [-0.1, -0.05) is 34.1 Å². The quantitative estimate of drug-likeness (QED) is 0.791. The topological polar surface area (TPSA) is 12.0 Å². The molecule has 1 fully saturated rings. The Balaban J connectivity index is 2.24. The van der Waals surface area contributed by atoms with E-state index in [1.807, 2.05) is 0 Å². The van der Waals surface area contributed by atoms with Crippen LogP contribution in [0.3, 0.4) is 0 Å². The van der Waals surface area contributed by atoms with E-state index in [0.717, 1.165) is 18.4 Å². The molecule has 1 aromatic heterocycles. The van der Waals surface area contributed by atoms with E-state index in [-0.39, 0.29) is 5.41 Å². The summed E-state index contributed by atoms with van der Waals surface area (Å²) < 4.78 is 1.29. The zero-order valence-corrected chi connectivity index (χ0v) is 14.9. The Labute approximate surface area is 130 Å². The van der Waals surface area contributed by atoms with E-state index in [0.29, 0.717) is 6.04 Å². The van der Waals surface area contributed by atoms with Crippen molar-refractivity contribution in [3.63, 3.8) is 0 Å². The first-order chi connectivity index (χ1) is 8.96. The minimum absolute atomic E-state index is 0.242. The van der Waals surface area contributed by atoms with Gasteiger partial charge in [0.15, 0.2) is 0 Å². The van der Waals surface area contributed by atoms with Crippen LogP contribution in [0.2, 0.25) is 0 Å². The summed E-state index contributed by atoms with van der Waals surface area (Å²) >= 11 is 5.53. The van der Waals surface area contributed by atoms with Crippen LogP contribution in [0, 0.1) is 11.8 Å². The molecule has 2 rings (SSSR count). The zero-order chi connectivity index (χ0) is 14.0. The fourth-order valence-electron chi connectivity index (χ4n) is 3.67. The Hall–Kier alpha value is 0.140. The summed E-state index contributed by atoms with van der Waals surface area (Å²) in [6, 6.07) is 0.663. The molecule has 0 bridgehead atoms. The number of rotatable bonds is 4. The molecule has 0 spiro atoms. The van der Waals surface area contributed by atoms with Crippen LogP contribution in [-0.4, -0.2) is 12.6 Å². The van der Waals surface area contributed by atoms with E-state index in [9.17, 15) is 0 Å². The molecule has 1 aromatic rings. The lowest BCUT2D eigenvalue weighted by molar-refractivity contribution is 0.147. The van der Waals surface area contributed by atoms with Gasteiger partial charge in [0, 0.05) is 15.9 Å². The first kappa shape index (κ1) is 15.5. The number of thiophene rings is 1. The monoisotopic (exact) mass is 343 g/mol. The molecule has 1 aliphatic rings. The first-order valence-electron chi connectivity index (χ1n) is 7.42. The van der Waals surface area contributed by atoms with Crippen molar-refractivity contribution in [3.8, 4) is 0 Å². The van der Waals surface area contributed by atoms with Crippen molar-refractivity contribution in [3.05, 3.63) is 20.8 Å². The van der Waals surface area contributed by atoms with Gasteiger partial charge in [-0.3, -0.25) is 0 Å². The summed E-state index contributed by atoms with van der Waals surface area (Å²) in [4.78, 5) is 0. The second-order valence-electron chi connectivity index (χ2n) is 6.54. The van der Waals surface area contributed by atoms with Gasteiger partial charge in [0.2, 0.25) is 0 Å². The summed E-state index contributed by atoms with van der Waals surface area (Å²) in [7, 11) is 0. The largest absolute Gasteiger partial charge is 0.314 e. The van der Waals surface area contributed by atoms with E-state index < -0.39 is 0 Å². The van der Waals surface area contributed by atoms with Gasteiger partial charge in [-0.05, 0) is 63.5 Å². The Morgan fingerprint density at radius 3 is 2.68 bits per heavy atom. The fraction of sp³-hybridized carbons (Fsp3) is 0.750. The summed E-state index contributed by atoms with van der Waals surface area (Å²) in [5.74, 6) is 1.59. The molecule has 0 aromatic carbocycles. The molecule has 1 heterocycles. The molecule has 108 valence electrons. The highest BCUT2D eigenvalue weighted by Gasteiger charge is 2.40. The molecule has 1 nitrogen and oxygen atoms in total. The van der Waals surface area contributed by atoms with Crippen LogP contribution in [0.4, 0.5) is 0 Å². The van der Waals surface area contributed by atoms with Gasteiger partial charge in [-0.15, -0.1) is 0 Å². The van der Waals surface area contributed by atoms with Gasteiger partial charge in [0.1, 0.15) is 0 Å². The third-order valence-electron chi connectivity index (χ3n) is 4.81. The minimum atomic E-state index is 0.242. The standard InChI is InChI=1S/C16H26BrNS/c1-5-18-15-8-11(2)6-7-12(15)16(3,4)13-9-19-10-14(13)17/h9-12,15,18H,5-8H2,1-4H3. The molecule has 1 N–H and O–H groups in total. The highest BCUT2D eigenvalue weighted by molar-refractivity contribution is 9.10. The lowest BCUT2D eigenvalue weighted by Crippen LogP contribution is -2.48. The van der Waals surface area contributed by atoms with Gasteiger partial charge in [0.25, 0.3) is 0 Å². The smallest absolute Gasteiger partial charge is 0.0319 e. The van der Waals surface area contributed by atoms with Gasteiger partial charge < -0.3 is 5.32 Å². The van der Waals surface area contributed by atoms with Crippen molar-refractivity contribution < 1.29 is 0 Å². The van der Waals surface area contributed by atoms with Crippen molar-refractivity contribution in [1.29, 1.82) is 0 Å². The highest BCUT2D eigenvalue weighted by Crippen LogP contribution is 2.45. The van der Waals surface area contributed by atoms with E-state index in [2.05, 4.69) is 59.7 Å². The average Bonchev–Trinajstić information content (AvgIpc) is 2.76. The molecule has 1 aliphatic carbocycles. The van der Waals surface area contributed by atoms with E-state index in [1.54, 1.807) is 11.3 Å². The van der Waals surface area contributed by atoms with Gasteiger partial charge in [0.05, 0.1) is 0 Å². The van der Waals surface area contributed by atoms with E-state index in [1.165, 1.54) is 29.3 Å². The second kappa shape index (κ2) is 6.28. The number of halogens is 1. The lowest BCUT2D eigenvalue weighted by atomic mass is 9.64. The summed E-state index contributed by atoms with van der Waals surface area (Å²) in [5.41, 5.74) is 1.73. The molecular formula is C16H26BrNS. The molecule has 3 unspecified atom stereocenters. The van der Waals surface area contributed by atoms with Crippen molar-refractivity contribution >= 4 is 27.3 Å². The van der Waals surface area contributed by atoms with Gasteiger partial charge in [-0.2, -0.15) is 11.3 Å². The third kappa shape index (κ3) is 3.25. The highest BCUT2D eigenvalue weighted by atomic mass is 79.9. The van der Waals surface area contributed by atoms with Crippen LogP contribution < -0.4 is 5.32 Å². The molecule has 0 aliphatic heterocycles. The Morgan fingerprint density at radius 2 is 2.11 bits per heavy atom. The Kier molecular flexibility index (Phi) is 5.13. The minimum Gasteiger partial charge on any atom is -0.314 e. The fourth-order valence-corrected chi connectivity index (χ4v) is 5.66. The van der Waals surface area contributed by atoms with E-state index >= 15 is 0 Å². The number of hydrogen-bond acceptors (Lipinski definition) is 2. The van der Waals surface area contributed by atoms with Crippen molar-refractivity contribution in [2.45, 2.75) is 58.4 Å². The van der Waals surface area contributed by atoms with Crippen LogP contribution in [0.25, 0.3) is 0 Å². The maximum atomic E-state index is 3.74. The molecule has 3 atom stereocenters. The second-order valence-corrected chi connectivity index (χ2v) is 8.14. The lowest BCUT2D eigenvalue weighted by Gasteiger charge is -2.44. The van der Waals surface area contributed by atoms with Crippen LogP contribution >= 0.6 is 27.3 Å². The molecule has 19 heavy (non-hydrogen) atoms. The predicted molar refractivity (Wildman–Crippen MR) is 89.0 cm³/mol. The van der Waals surface area contributed by atoms with Crippen molar-refractivity contribution in [2.24, 2.45) is 11.8 Å². The summed E-state index contributed by atoms with van der Waals surface area (Å²) in [6.45, 7) is 10.5. The van der Waals surface area contributed by atoms with Crippen LogP contribution in [0.1, 0.15) is 52.5 Å². The molecule has 0 saturated heterocycles. The van der Waals surface area contributed by atoms with Gasteiger partial charge >= 0.3 is 0 Å². The maximum Gasteiger partial charge on any atom is 0.0319 e. The molecule has 0 amide bonds.